The van der Waals surface area contributed by atoms with Gasteiger partial charge in [-0.3, -0.25) is 9.48 Å². The van der Waals surface area contributed by atoms with E-state index in [2.05, 4.69) is 31.7 Å². The number of halogens is 1. The molecule has 2 rings (SSSR count). The van der Waals surface area contributed by atoms with E-state index in [0.717, 1.165) is 21.3 Å². The third-order valence-corrected chi connectivity index (χ3v) is 4.25. The molecule has 8 heteroatoms. The van der Waals surface area contributed by atoms with Crippen LogP contribution in [0.5, 0.6) is 0 Å². The molecule has 0 fully saturated rings. The second-order valence-electron chi connectivity index (χ2n) is 7.30. The zero-order valence-electron chi connectivity index (χ0n) is 16.4. The predicted octanol–water partition coefficient (Wildman–Crippen LogP) is 4.01. The molecule has 27 heavy (non-hydrogen) atoms. The summed E-state index contributed by atoms with van der Waals surface area (Å²) in [6, 6.07) is 6.99. The van der Waals surface area contributed by atoms with Gasteiger partial charge in [0.25, 0.3) is 0 Å². The number of carbonyl (C=O) groups is 2. The van der Waals surface area contributed by atoms with E-state index in [-0.39, 0.29) is 5.91 Å². The highest BCUT2D eigenvalue weighted by Gasteiger charge is 2.23. The average molecular weight is 437 g/mol. The molecule has 0 radical (unpaired) electrons. The van der Waals surface area contributed by atoms with Crippen LogP contribution in [0.1, 0.15) is 33.4 Å². The first-order valence-electron chi connectivity index (χ1n) is 8.58. The monoisotopic (exact) mass is 436 g/mol. The number of hydrogen-bond donors (Lipinski definition) is 2. The van der Waals surface area contributed by atoms with Crippen LogP contribution in [0, 0.1) is 6.92 Å². The quantitative estimate of drug-likeness (QED) is 0.757. The van der Waals surface area contributed by atoms with Crippen LogP contribution in [0.4, 0.5) is 10.6 Å². The van der Waals surface area contributed by atoms with E-state index in [1.807, 2.05) is 31.2 Å². The van der Waals surface area contributed by atoms with E-state index in [1.54, 1.807) is 39.4 Å². The van der Waals surface area contributed by atoms with Gasteiger partial charge < -0.3 is 15.4 Å². The maximum atomic E-state index is 12.6. The van der Waals surface area contributed by atoms with Crippen LogP contribution in [-0.2, 0) is 16.6 Å². The van der Waals surface area contributed by atoms with Crippen molar-refractivity contribution >= 4 is 33.7 Å². The molecule has 7 nitrogen and oxygen atoms in total. The minimum absolute atomic E-state index is 0.359. The number of nitrogens with one attached hydrogen (secondary N) is 2. The van der Waals surface area contributed by atoms with Crippen LogP contribution < -0.4 is 10.6 Å². The maximum absolute atomic E-state index is 12.6. The van der Waals surface area contributed by atoms with Gasteiger partial charge in [-0.15, -0.1) is 0 Å². The van der Waals surface area contributed by atoms with Crippen molar-refractivity contribution in [2.45, 2.75) is 46.3 Å². The maximum Gasteiger partial charge on any atom is 0.408 e. The molecule has 1 unspecified atom stereocenters. The molecule has 1 aromatic carbocycles. The third kappa shape index (κ3) is 5.56. The van der Waals surface area contributed by atoms with E-state index in [4.69, 9.17) is 4.74 Å². The summed E-state index contributed by atoms with van der Waals surface area (Å²) >= 11 is 3.42. The molecular weight excluding hydrogens is 412 g/mol. The first-order valence-corrected chi connectivity index (χ1v) is 9.37. The lowest BCUT2D eigenvalue weighted by Crippen LogP contribution is -2.44. The smallest absolute Gasteiger partial charge is 0.408 e. The van der Waals surface area contributed by atoms with Gasteiger partial charge in [0, 0.05) is 17.1 Å². The Morgan fingerprint density at radius 3 is 2.37 bits per heavy atom. The number of carbonyl (C=O) groups excluding carboxylic acids is 2. The molecule has 2 aromatic rings. The number of anilines is 1. The largest absolute Gasteiger partial charge is 0.444 e. The Labute approximate surface area is 167 Å². The Balaban J connectivity index is 2.18. The minimum Gasteiger partial charge on any atom is -0.444 e. The summed E-state index contributed by atoms with van der Waals surface area (Å²) in [6.07, 6.45) is -0.639. The van der Waals surface area contributed by atoms with Gasteiger partial charge in [-0.25, -0.2) is 4.79 Å². The van der Waals surface area contributed by atoms with Crippen molar-refractivity contribution in [2.75, 3.05) is 5.32 Å². The first-order chi connectivity index (χ1) is 12.5. The van der Waals surface area contributed by atoms with E-state index in [9.17, 15) is 9.59 Å². The summed E-state index contributed by atoms with van der Waals surface area (Å²) in [4.78, 5) is 24.5. The molecule has 0 bridgehead atoms. The Hall–Kier alpha value is -2.35. The number of aromatic nitrogens is 2. The van der Waals surface area contributed by atoms with E-state index >= 15 is 0 Å². The summed E-state index contributed by atoms with van der Waals surface area (Å²) in [5.41, 5.74) is 1.94. The SMILES string of the molecule is Cc1nn(C)c(NC(=O)C(C)NC(=O)OC(C)(C)C)c1-c1ccc(Br)cc1. The number of ether oxygens (including phenoxy) is 1. The van der Waals surface area contributed by atoms with Gasteiger partial charge in [0.2, 0.25) is 5.91 Å². The van der Waals surface area contributed by atoms with Crippen LogP contribution in [0.25, 0.3) is 11.1 Å². The highest BCUT2D eigenvalue weighted by molar-refractivity contribution is 9.10. The Morgan fingerprint density at radius 1 is 1.22 bits per heavy atom. The topological polar surface area (TPSA) is 85.3 Å². The lowest BCUT2D eigenvalue weighted by Gasteiger charge is -2.21. The number of benzene rings is 1. The molecule has 2 N–H and O–H groups in total. The van der Waals surface area contributed by atoms with E-state index in [0.29, 0.717) is 5.82 Å². The standard InChI is InChI=1S/C19H25BrN4O3/c1-11-15(13-7-9-14(20)10-8-13)16(24(6)23-11)22-17(25)12(2)21-18(26)27-19(3,4)5/h7-10,12H,1-6H3,(H,21,26)(H,22,25). The van der Waals surface area contributed by atoms with Crippen LogP contribution in [-0.4, -0.2) is 33.4 Å². The van der Waals surface area contributed by atoms with Crippen molar-refractivity contribution in [1.29, 1.82) is 0 Å². The summed E-state index contributed by atoms with van der Waals surface area (Å²) in [7, 11) is 1.76. The van der Waals surface area contributed by atoms with Crippen LogP contribution in [0.15, 0.2) is 28.7 Å². The fourth-order valence-electron chi connectivity index (χ4n) is 2.54. The van der Waals surface area contributed by atoms with Gasteiger partial charge in [-0.1, -0.05) is 28.1 Å². The minimum atomic E-state index is -0.771. The Morgan fingerprint density at radius 2 is 1.81 bits per heavy atom. The van der Waals surface area contributed by atoms with Crippen molar-refractivity contribution < 1.29 is 14.3 Å². The Bertz CT molecular complexity index is 838. The fourth-order valence-corrected chi connectivity index (χ4v) is 2.80. The van der Waals surface area contributed by atoms with E-state index < -0.39 is 17.7 Å². The normalized spacial score (nSPS) is 12.4. The molecular formula is C19H25BrN4O3. The predicted molar refractivity (Wildman–Crippen MR) is 109 cm³/mol. The average Bonchev–Trinajstić information content (AvgIpc) is 2.80. The summed E-state index contributed by atoms with van der Waals surface area (Å²) < 4.78 is 7.77. The molecule has 1 atom stereocenters. The zero-order chi connectivity index (χ0) is 20.4. The first kappa shape index (κ1) is 21.0. The van der Waals surface area contributed by atoms with Crippen LogP contribution in [0.2, 0.25) is 0 Å². The highest BCUT2D eigenvalue weighted by atomic mass is 79.9. The number of amides is 2. The van der Waals surface area contributed by atoms with Gasteiger partial charge in [-0.05, 0) is 52.3 Å². The molecule has 0 spiro atoms. The molecule has 0 saturated heterocycles. The molecule has 2 amide bonds. The molecule has 1 heterocycles. The van der Waals surface area contributed by atoms with Gasteiger partial charge >= 0.3 is 6.09 Å². The lowest BCUT2D eigenvalue weighted by molar-refractivity contribution is -0.117. The van der Waals surface area contributed by atoms with Crippen molar-refractivity contribution in [3.63, 3.8) is 0 Å². The van der Waals surface area contributed by atoms with Gasteiger partial charge in [0.15, 0.2) is 0 Å². The summed E-state index contributed by atoms with van der Waals surface area (Å²) in [5, 5.41) is 9.81. The molecule has 0 aliphatic heterocycles. The van der Waals surface area contributed by atoms with Crippen LogP contribution in [0.3, 0.4) is 0 Å². The second kappa shape index (κ2) is 8.12. The fraction of sp³-hybridized carbons (Fsp3) is 0.421. The molecule has 1 aromatic heterocycles. The Kier molecular flexibility index (Phi) is 6.30. The lowest BCUT2D eigenvalue weighted by atomic mass is 10.1. The number of hydrogen-bond acceptors (Lipinski definition) is 4. The van der Waals surface area contributed by atoms with Crippen molar-refractivity contribution in [3.05, 3.63) is 34.4 Å². The third-order valence-electron chi connectivity index (χ3n) is 3.72. The number of nitrogens with zero attached hydrogens (tertiary/aromatic N) is 2. The molecule has 0 saturated carbocycles. The van der Waals surface area contributed by atoms with Crippen molar-refractivity contribution in [2.24, 2.45) is 7.05 Å². The molecule has 0 aliphatic rings. The number of aryl methyl sites for hydroxylation is 2. The molecule has 146 valence electrons. The zero-order valence-corrected chi connectivity index (χ0v) is 18.0. The van der Waals surface area contributed by atoms with Gasteiger partial charge in [-0.2, -0.15) is 5.10 Å². The van der Waals surface area contributed by atoms with Gasteiger partial charge in [0.1, 0.15) is 17.5 Å². The van der Waals surface area contributed by atoms with E-state index in [1.165, 1.54) is 0 Å². The number of rotatable bonds is 4. The van der Waals surface area contributed by atoms with Gasteiger partial charge in [0.05, 0.1) is 5.69 Å². The van der Waals surface area contributed by atoms with Crippen molar-refractivity contribution in [1.82, 2.24) is 15.1 Å². The molecule has 0 aliphatic carbocycles. The highest BCUT2D eigenvalue weighted by Crippen LogP contribution is 2.31. The van der Waals surface area contributed by atoms with Crippen LogP contribution >= 0.6 is 15.9 Å². The summed E-state index contributed by atoms with van der Waals surface area (Å²) in [6.45, 7) is 8.78. The van der Waals surface area contributed by atoms with Crippen molar-refractivity contribution in [3.8, 4) is 11.1 Å². The second-order valence-corrected chi connectivity index (χ2v) is 8.21. The summed E-state index contributed by atoms with van der Waals surface area (Å²) in [5.74, 6) is 0.208. The number of alkyl carbamates (subject to hydrolysis) is 1.